The van der Waals surface area contributed by atoms with E-state index in [9.17, 15) is 9.59 Å². The first-order chi connectivity index (χ1) is 8.20. The number of hydrogen-bond acceptors (Lipinski definition) is 3. The molecule has 1 atom stereocenters. The number of nitrogens with zero attached hydrogens (tertiary/aromatic N) is 1. The molecule has 1 aliphatic carbocycles. The second-order valence-corrected chi connectivity index (χ2v) is 5.20. The van der Waals surface area contributed by atoms with Crippen LogP contribution >= 0.6 is 0 Å². The van der Waals surface area contributed by atoms with Crippen LogP contribution in [-0.4, -0.2) is 37.0 Å². The minimum Gasteiger partial charge on any atom is -0.469 e. The van der Waals surface area contributed by atoms with Crippen molar-refractivity contribution in [1.82, 2.24) is 4.90 Å². The molecular weight excluding hydrogens is 218 g/mol. The first kappa shape index (κ1) is 12.4. The van der Waals surface area contributed by atoms with Gasteiger partial charge in [-0.2, -0.15) is 0 Å². The molecule has 0 radical (unpaired) electrons. The Balaban J connectivity index is 1.79. The molecule has 0 aromatic heterocycles. The van der Waals surface area contributed by atoms with E-state index >= 15 is 0 Å². The van der Waals surface area contributed by atoms with Crippen LogP contribution in [0.25, 0.3) is 0 Å². The molecule has 1 aliphatic heterocycles. The van der Waals surface area contributed by atoms with Gasteiger partial charge >= 0.3 is 5.97 Å². The fraction of sp³-hybridized carbons (Fsp3) is 0.846. The van der Waals surface area contributed by atoms with Gasteiger partial charge in [-0.1, -0.05) is 12.8 Å². The summed E-state index contributed by atoms with van der Waals surface area (Å²) in [6, 6.07) is 0. The molecule has 0 bridgehead atoms. The molecule has 0 aromatic rings. The first-order valence-corrected chi connectivity index (χ1v) is 6.56. The molecule has 2 fully saturated rings. The predicted octanol–water partition coefficient (Wildman–Crippen LogP) is 1.59. The third-order valence-corrected chi connectivity index (χ3v) is 4.01. The zero-order valence-corrected chi connectivity index (χ0v) is 10.5. The number of carbonyl (C=O) groups is 2. The molecule has 1 saturated heterocycles. The Hall–Kier alpha value is -1.06. The Morgan fingerprint density at radius 3 is 2.59 bits per heavy atom. The standard InChI is InChI=1S/C13H21NO3/c1-17-13(16)11-6-7-14(9-11)12(15)8-10-4-2-3-5-10/h10-11H,2-9H2,1H3. The lowest BCUT2D eigenvalue weighted by atomic mass is 10.0. The third kappa shape index (κ3) is 2.99. The van der Waals surface area contributed by atoms with E-state index in [0.29, 0.717) is 25.4 Å². The Morgan fingerprint density at radius 2 is 1.94 bits per heavy atom. The summed E-state index contributed by atoms with van der Waals surface area (Å²) in [5.41, 5.74) is 0. The summed E-state index contributed by atoms with van der Waals surface area (Å²) in [4.78, 5) is 25.2. The molecular formula is C13H21NO3. The van der Waals surface area contributed by atoms with E-state index in [0.717, 1.165) is 6.42 Å². The highest BCUT2D eigenvalue weighted by Gasteiger charge is 2.32. The second kappa shape index (κ2) is 5.52. The van der Waals surface area contributed by atoms with Crippen molar-refractivity contribution in [1.29, 1.82) is 0 Å². The highest BCUT2D eigenvalue weighted by Crippen LogP contribution is 2.29. The Morgan fingerprint density at radius 1 is 1.24 bits per heavy atom. The van der Waals surface area contributed by atoms with Crippen molar-refractivity contribution in [3.05, 3.63) is 0 Å². The van der Waals surface area contributed by atoms with Crippen LogP contribution in [0.3, 0.4) is 0 Å². The van der Waals surface area contributed by atoms with E-state index in [1.165, 1.54) is 32.8 Å². The average molecular weight is 239 g/mol. The van der Waals surface area contributed by atoms with Gasteiger partial charge in [0.05, 0.1) is 13.0 Å². The second-order valence-electron chi connectivity index (χ2n) is 5.20. The van der Waals surface area contributed by atoms with Crippen molar-refractivity contribution < 1.29 is 14.3 Å². The van der Waals surface area contributed by atoms with Gasteiger partial charge in [-0.05, 0) is 25.2 Å². The van der Waals surface area contributed by atoms with Crippen LogP contribution in [0.15, 0.2) is 0 Å². The topological polar surface area (TPSA) is 46.6 Å². The maximum Gasteiger partial charge on any atom is 0.310 e. The summed E-state index contributed by atoms with van der Waals surface area (Å²) in [5.74, 6) is 0.525. The molecule has 96 valence electrons. The zero-order valence-electron chi connectivity index (χ0n) is 10.5. The number of ether oxygens (including phenoxy) is 1. The molecule has 1 amide bonds. The number of esters is 1. The lowest BCUT2D eigenvalue weighted by Crippen LogP contribution is -2.31. The average Bonchev–Trinajstić information content (AvgIpc) is 2.98. The van der Waals surface area contributed by atoms with Gasteiger partial charge in [0.2, 0.25) is 5.91 Å². The summed E-state index contributed by atoms with van der Waals surface area (Å²) in [7, 11) is 1.41. The maximum absolute atomic E-state index is 12.0. The van der Waals surface area contributed by atoms with E-state index in [4.69, 9.17) is 4.74 Å². The van der Waals surface area contributed by atoms with Gasteiger partial charge in [-0.25, -0.2) is 0 Å². The van der Waals surface area contributed by atoms with Crippen LogP contribution in [0, 0.1) is 11.8 Å². The van der Waals surface area contributed by atoms with Gasteiger partial charge in [0.1, 0.15) is 0 Å². The molecule has 1 heterocycles. The third-order valence-electron chi connectivity index (χ3n) is 4.01. The van der Waals surface area contributed by atoms with Gasteiger partial charge in [-0.15, -0.1) is 0 Å². The molecule has 4 heteroatoms. The SMILES string of the molecule is COC(=O)C1CCN(C(=O)CC2CCCC2)C1. The number of likely N-dealkylation sites (tertiary alicyclic amines) is 1. The molecule has 0 N–H and O–H groups in total. The number of methoxy groups -OCH3 is 1. The molecule has 1 unspecified atom stereocenters. The largest absolute Gasteiger partial charge is 0.469 e. The van der Waals surface area contributed by atoms with Crippen molar-refractivity contribution in [2.75, 3.05) is 20.2 Å². The highest BCUT2D eigenvalue weighted by molar-refractivity contribution is 5.79. The van der Waals surface area contributed by atoms with Gasteiger partial charge in [0.25, 0.3) is 0 Å². The van der Waals surface area contributed by atoms with E-state index in [2.05, 4.69) is 0 Å². The summed E-state index contributed by atoms with van der Waals surface area (Å²) in [6.45, 7) is 1.27. The van der Waals surface area contributed by atoms with Gasteiger partial charge in [-0.3, -0.25) is 9.59 Å². The van der Waals surface area contributed by atoms with Crippen LogP contribution in [-0.2, 0) is 14.3 Å². The highest BCUT2D eigenvalue weighted by atomic mass is 16.5. The van der Waals surface area contributed by atoms with Crippen LogP contribution in [0.5, 0.6) is 0 Å². The summed E-state index contributed by atoms with van der Waals surface area (Å²) >= 11 is 0. The van der Waals surface area contributed by atoms with Gasteiger partial charge < -0.3 is 9.64 Å². The molecule has 2 aliphatic rings. The number of rotatable bonds is 3. The normalized spacial score (nSPS) is 25.2. The zero-order chi connectivity index (χ0) is 12.3. The molecule has 0 spiro atoms. The minimum atomic E-state index is -0.179. The van der Waals surface area contributed by atoms with E-state index in [1.54, 1.807) is 0 Å². The lowest BCUT2D eigenvalue weighted by molar-refractivity contribution is -0.145. The quantitative estimate of drug-likeness (QED) is 0.703. The Bertz CT molecular complexity index is 297. The summed E-state index contributed by atoms with van der Waals surface area (Å²) in [6.07, 6.45) is 6.35. The van der Waals surface area contributed by atoms with Crippen molar-refractivity contribution in [2.45, 2.75) is 38.5 Å². The molecule has 0 aromatic carbocycles. The van der Waals surface area contributed by atoms with E-state index < -0.39 is 0 Å². The van der Waals surface area contributed by atoms with Gasteiger partial charge in [0, 0.05) is 19.5 Å². The number of carbonyl (C=O) groups excluding carboxylic acids is 2. The van der Waals surface area contributed by atoms with Crippen LogP contribution in [0.4, 0.5) is 0 Å². The van der Waals surface area contributed by atoms with Crippen LogP contribution in [0.1, 0.15) is 38.5 Å². The molecule has 2 rings (SSSR count). The molecule has 17 heavy (non-hydrogen) atoms. The van der Waals surface area contributed by atoms with E-state index in [1.807, 2.05) is 4.90 Å². The fourth-order valence-corrected chi connectivity index (χ4v) is 2.94. The number of amides is 1. The minimum absolute atomic E-state index is 0.104. The van der Waals surface area contributed by atoms with Crippen LogP contribution in [0.2, 0.25) is 0 Å². The Kier molecular flexibility index (Phi) is 4.02. The first-order valence-electron chi connectivity index (χ1n) is 6.56. The monoisotopic (exact) mass is 239 g/mol. The fourth-order valence-electron chi connectivity index (χ4n) is 2.94. The van der Waals surface area contributed by atoms with Crippen molar-refractivity contribution in [3.63, 3.8) is 0 Å². The summed E-state index contributed by atoms with van der Waals surface area (Å²) < 4.78 is 4.72. The van der Waals surface area contributed by atoms with Crippen molar-refractivity contribution >= 4 is 11.9 Å². The van der Waals surface area contributed by atoms with Gasteiger partial charge in [0.15, 0.2) is 0 Å². The lowest BCUT2D eigenvalue weighted by Gasteiger charge is -2.18. The van der Waals surface area contributed by atoms with Crippen LogP contribution < -0.4 is 0 Å². The number of hydrogen-bond donors (Lipinski definition) is 0. The van der Waals surface area contributed by atoms with Crippen molar-refractivity contribution in [3.8, 4) is 0 Å². The predicted molar refractivity (Wildman–Crippen MR) is 63.3 cm³/mol. The van der Waals surface area contributed by atoms with E-state index in [-0.39, 0.29) is 17.8 Å². The summed E-state index contributed by atoms with van der Waals surface area (Å²) in [5, 5.41) is 0. The Labute approximate surface area is 102 Å². The van der Waals surface area contributed by atoms with Crippen molar-refractivity contribution in [2.24, 2.45) is 11.8 Å². The molecule has 4 nitrogen and oxygen atoms in total. The molecule has 1 saturated carbocycles. The maximum atomic E-state index is 12.0. The smallest absolute Gasteiger partial charge is 0.310 e.